The molecule has 6 nitrogen and oxygen atoms in total. The van der Waals surface area contributed by atoms with Crippen LogP contribution < -0.4 is 20.5 Å². The first-order valence-electron chi connectivity index (χ1n) is 6.48. The van der Waals surface area contributed by atoms with Crippen LogP contribution in [0.1, 0.15) is 17.3 Å². The normalized spacial score (nSPS) is 10.0. The van der Waals surface area contributed by atoms with Gasteiger partial charge in [0.15, 0.2) is 5.75 Å². The number of methoxy groups -OCH3 is 1. The predicted molar refractivity (Wildman–Crippen MR) is 80.8 cm³/mol. The molecule has 1 heterocycles. The van der Waals surface area contributed by atoms with Gasteiger partial charge in [-0.2, -0.15) is 0 Å². The first kappa shape index (κ1) is 14.6. The summed E-state index contributed by atoms with van der Waals surface area (Å²) in [6.45, 7) is 2.26. The number of nitrogens with one attached hydrogen (secondary N) is 1. The van der Waals surface area contributed by atoms with Crippen molar-refractivity contribution in [1.82, 2.24) is 4.98 Å². The molecule has 0 atom stereocenters. The number of carbonyl (C=O) groups is 1. The van der Waals surface area contributed by atoms with Crippen molar-refractivity contribution in [3.8, 4) is 11.6 Å². The van der Waals surface area contributed by atoms with E-state index in [0.29, 0.717) is 35.2 Å². The van der Waals surface area contributed by atoms with Gasteiger partial charge in [-0.05, 0) is 25.1 Å². The second kappa shape index (κ2) is 6.60. The van der Waals surface area contributed by atoms with Crippen molar-refractivity contribution in [2.24, 2.45) is 0 Å². The van der Waals surface area contributed by atoms with E-state index in [1.807, 2.05) is 6.92 Å². The van der Waals surface area contributed by atoms with Gasteiger partial charge in [0.25, 0.3) is 5.91 Å². The molecule has 0 unspecified atom stereocenters. The molecule has 3 N–H and O–H groups in total. The van der Waals surface area contributed by atoms with Crippen molar-refractivity contribution < 1.29 is 14.3 Å². The Morgan fingerprint density at radius 1 is 1.33 bits per heavy atom. The van der Waals surface area contributed by atoms with E-state index in [9.17, 15) is 4.79 Å². The van der Waals surface area contributed by atoms with E-state index in [-0.39, 0.29) is 5.91 Å². The highest BCUT2D eigenvalue weighted by atomic mass is 16.5. The maximum absolute atomic E-state index is 12.3. The molecule has 1 aromatic heterocycles. The van der Waals surface area contributed by atoms with Gasteiger partial charge >= 0.3 is 0 Å². The Balaban J connectivity index is 2.21. The Hall–Kier alpha value is -2.76. The quantitative estimate of drug-likeness (QED) is 0.824. The number of nitrogens with zero attached hydrogens (tertiary/aromatic N) is 1. The van der Waals surface area contributed by atoms with Gasteiger partial charge < -0.3 is 20.5 Å². The zero-order valence-corrected chi connectivity index (χ0v) is 11.9. The Morgan fingerprint density at radius 3 is 2.76 bits per heavy atom. The minimum absolute atomic E-state index is 0.308. The molecule has 0 aliphatic heterocycles. The minimum atomic E-state index is -0.308. The van der Waals surface area contributed by atoms with Gasteiger partial charge in [-0.15, -0.1) is 0 Å². The van der Waals surface area contributed by atoms with Crippen LogP contribution in [0.15, 0.2) is 36.5 Å². The van der Waals surface area contributed by atoms with E-state index in [1.165, 1.54) is 13.3 Å². The molecule has 0 spiro atoms. The number of para-hydroxylation sites is 1. The molecule has 2 aromatic rings. The Morgan fingerprint density at radius 2 is 2.14 bits per heavy atom. The van der Waals surface area contributed by atoms with Gasteiger partial charge in [-0.25, -0.2) is 4.98 Å². The third kappa shape index (κ3) is 3.42. The Kier molecular flexibility index (Phi) is 4.61. The maximum Gasteiger partial charge on any atom is 0.259 e. The molecular weight excluding hydrogens is 270 g/mol. The van der Waals surface area contributed by atoms with E-state index in [1.54, 1.807) is 30.3 Å². The van der Waals surface area contributed by atoms with E-state index < -0.39 is 0 Å². The van der Waals surface area contributed by atoms with Crippen molar-refractivity contribution in [2.75, 3.05) is 24.8 Å². The molecule has 0 aliphatic carbocycles. The van der Waals surface area contributed by atoms with Crippen LogP contribution in [-0.4, -0.2) is 24.6 Å². The zero-order valence-electron chi connectivity index (χ0n) is 11.9. The van der Waals surface area contributed by atoms with Gasteiger partial charge in [0, 0.05) is 6.07 Å². The van der Waals surface area contributed by atoms with Crippen molar-refractivity contribution >= 4 is 17.3 Å². The summed E-state index contributed by atoms with van der Waals surface area (Å²) in [6.07, 6.45) is 1.52. The molecule has 0 bridgehead atoms. The number of hydrogen-bond donors (Lipinski definition) is 2. The van der Waals surface area contributed by atoms with Gasteiger partial charge in [-0.3, -0.25) is 4.79 Å². The van der Waals surface area contributed by atoms with Crippen LogP contribution in [0.25, 0.3) is 0 Å². The largest absolute Gasteiger partial charge is 0.491 e. The van der Waals surface area contributed by atoms with Gasteiger partial charge in [0.2, 0.25) is 5.88 Å². The third-order valence-corrected chi connectivity index (χ3v) is 2.78. The number of amides is 1. The molecule has 0 fully saturated rings. The average molecular weight is 287 g/mol. The van der Waals surface area contributed by atoms with Crippen LogP contribution in [-0.2, 0) is 0 Å². The first-order chi connectivity index (χ1) is 10.2. The van der Waals surface area contributed by atoms with Crippen molar-refractivity contribution in [2.45, 2.75) is 6.92 Å². The molecule has 0 saturated heterocycles. The van der Waals surface area contributed by atoms with Gasteiger partial charge in [-0.1, -0.05) is 6.07 Å². The van der Waals surface area contributed by atoms with Crippen LogP contribution >= 0.6 is 0 Å². The lowest BCUT2D eigenvalue weighted by atomic mass is 10.1. The molecule has 1 amide bonds. The average Bonchev–Trinajstić information content (AvgIpc) is 2.50. The lowest BCUT2D eigenvalue weighted by molar-refractivity contribution is 0.102. The SMILES string of the molecule is CCOc1c(N)cccc1C(=O)Nc1ccc(OC)nc1. The lowest BCUT2D eigenvalue weighted by Gasteiger charge is -2.12. The number of anilines is 2. The number of pyridine rings is 1. The Labute approximate surface area is 122 Å². The summed E-state index contributed by atoms with van der Waals surface area (Å²) in [7, 11) is 1.53. The molecule has 21 heavy (non-hydrogen) atoms. The number of hydrogen-bond acceptors (Lipinski definition) is 5. The summed E-state index contributed by atoms with van der Waals surface area (Å²) in [5, 5.41) is 2.74. The molecule has 110 valence electrons. The summed E-state index contributed by atoms with van der Waals surface area (Å²) in [5.41, 5.74) is 7.21. The molecular formula is C15H17N3O3. The first-order valence-corrected chi connectivity index (χ1v) is 6.48. The summed E-state index contributed by atoms with van der Waals surface area (Å²) in [5.74, 6) is 0.559. The molecule has 1 aromatic carbocycles. The van der Waals surface area contributed by atoms with E-state index in [4.69, 9.17) is 15.2 Å². The van der Waals surface area contributed by atoms with Gasteiger partial charge in [0.1, 0.15) is 0 Å². The zero-order chi connectivity index (χ0) is 15.2. The number of nitrogen functional groups attached to an aromatic ring is 1. The van der Waals surface area contributed by atoms with Crippen molar-refractivity contribution in [3.63, 3.8) is 0 Å². The maximum atomic E-state index is 12.3. The molecule has 6 heteroatoms. The van der Waals surface area contributed by atoms with Crippen LogP contribution in [0.3, 0.4) is 0 Å². The molecule has 0 aliphatic rings. The van der Waals surface area contributed by atoms with Crippen LogP contribution in [0.2, 0.25) is 0 Å². The minimum Gasteiger partial charge on any atom is -0.491 e. The third-order valence-electron chi connectivity index (χ3n) is 2.78. The predicted octanol–water partition coefficient (Wildman–Crippen LogP) is 2.32. The number of rotatable bonds is 5. The van der Waals surface area contributed by atoms with E-state index in [0.717, 1.165) is 0 Å². The highest BCUT2D eigenvalue weighted by Crippen LogP contribution is 2.27. The van der Waals surface area contributed by atoms with Crippen LogP contribution in [0.4, 0.5) is 11.4 Å². The summed E-state index contributed by atoms with van der Waals surface area (Å²) >= 11 is 0. The molecule has 2 rings (SSSR count). The van der Waals surface area contributed by atoms with Crippen LogP contribution in [0, 0.1) is 0 Å². The number of benzene rings is 1. The molecule has 0 radical (unpaired) electrons. The number of nitrogens with two attached hydrogens (primary N) is 1. The van der Waals surface area contributed by atoms with Crippen molar-refractivity contribution in [3.05, 3.63) is 42.1 Å². The van der Waals surface area contributed by atoms with Gasteiger partial charge in [0.05, 0.1) is 36.9 Å². The summed E-state index contributed by atoms with van der Waals surface area (Å²) < 4.78 is 10.4. The van der Waals surface area contributed by atoms with E-state index >= 15 is 0 Å². The van der Waals surface area contributed by atoms with Crippen molar-refractivity contribution in [1.29, 1.82) is 0 Å². The Bertz CT molecular complexity index is 627. The summed E-state index contributed by atoms with van der Waals surface area (Å²) in [6, 6.07) is 8.43. The second-order valence-corrected chi connectivity index (χ2v) is 4.20. The summed E-state index contributed by atoms with van der Waals surface area (Å²) in [4.78, 5) is 16.3. The van der Waals surface area contributed by atoms with Crippen LogP contribution in [0.5, 0.6) is 11.6 Å². The monoisotopic (exact) mass is 287 g/mol. The lowest BCUT2D eigenvalue weighted by Crippen LogP contribution is -2.14. The molecule has 0 saturated carbocycles. The smallest absolute Gasteiger partial charge is 0.259 e. The fourth-order valence-corrected chi connectivity index (χ4v) is 1.81. The number of ether oxygens (including phenoxy) is 2. The standard InChI is InChI=1S/C15H17N3O3/c1-3-21-14-11(5-4-6-12(14)16)15(19)18-10-7-8-13(20-2)17-9-10/h4-9H,3,16H2,1-2H3,(H,18,19). The number of aromatic nitrogens is 1. The fourth-order valence-electron chi connectivity index (χ4n) is 1.81. The highest BCUT2D eigenvalue weighted by Gasteiger charge is 2.15. The highest BCUT2D eigenvalue weighted by molar-refractivity contribution is 6.07. The number of carbonyl (C=O) groups excluding carboxylic acids is 1. The topological polar surface area (TPSA) is 86.5 Å². The second-order valence-electron chi connectivity index (χ2n) is 4.20. The fraction of sp³-hybridized carbons (Fsp3) is 0.200. The van der Waals surface area contributed by atoms with E-state index in [2.05, 4.69) is 10.3 Å².